The molecule has 3 rings (SSSR count). The van der Waals surface area contributed by atoms with Gasteiger partial charge in [0.2, 0.25) is 5.91 Å². The van der Waals surface area contributed by atoms with Crippen molar-refractivity contribution in [2.45, 2.75) is 25.8 Å². The first-order valence-electron chi connectivity index (χ1n) is 7.88. The molecule has 0 saturated carbocycles. The van der Waals surface area contributed by atoms with Gasteiger partial charge in [-0.25, -0.2) is 9.78 Å². The zero-order valence-corrected chi connectivity index (χ0v) is 14.7. The lowest BCUT2D eigenvalue weighted by Gasteiger charge is -2.25. The fraction of sp³-hybridized carbons (Fsp3) is 0.294. The van der Waals surface area contributed by atoms with Gasteiger partial charge in [-0.1, -0.05) is 37.3 Å². The Balaban J connectivity index is 1.78. The zero-order valence-electron chi connectivity index (χ0n) is 13.9. The average Bonchev–Trinajstić information content (AvgIpc) is 3.11. The molecule has 7 nitrogen and oxygen atoms in total. The molecule has 0 spiro atoms. The van der Waals surface area contributed by atoms with Crippen LogP contribution in [0.5, 0.6) is 0 Å². The standard InChI is InChI=1S/C17H18N4O3S/c1-3-17(12-7-5-4-6-8-12)14(23)21(16(24)20-17)10-13(22)19-15-18-9-11(2)25-15/h4-9H,3,10H2,1-2H3,(H,20,24)(H,18,19,22)/t17-/m0/s1. The number of urea groups is 1. The lowest BCUT2D eigenvalue weighted by Crippen LogP contribution is -2.44. The molecule has 1 saturated heterocycles. The van der Waals surface area contributed by atoms with Crippen molar-refractivity contribution in [1.29, 1.82) is 0 Å². The molecule has 1 aromatic carbocycles. The highest BCUT2D eigenvalue weighted by Gasteiger charge is 2.51. The number of hydrogen-bond acceptors (Lipinski definition) is 5. The van der Waals surface area contributed by atoms with E-state index in [1.165, 1.54) is 11.3 Å². The summed E-state index contributed by atoms with van der Waals surface area (Å²) in [4.78, 5) is 43.4. The molecular formula is C17H18N4O3S. The Kier molecular flexibility index (Phi) is 4.54. The molecule has 1 fully saturated rings. The molecule has 130 valence electrons. The van der Waals surface area contributed by atoms with Gasteiger partial charge in [0.15, 0.2) is 5.13 Å². The number of aromatic nitrogens is 1. The monoisotopic (exact) mass is 358 g/mol. The van der Waals surface area contributed by atoms with E-state index in [9.17, 15) is 14.4 Å². The van der Waals surface area contributed by atoms with E-state index >= 15 is 0 Å². The van der Waals surface area contributed by atoms with Gasteiger partial charge in [0.25, 0.3) is 5.91 Å². The van der Waals surface area contributed by atoms with Crippen molar-refractivity contribution in [1.82, 2.24) is 15.2 Å². The fourth-order valence-corrected chi connectivity index (χ4v) is 3.53. The highest BCUT2D eigenvalue weighted by atomic mass is 32.1. The Labute approximate surface area is 149 Å². The van der Waals surface area contributed by atoms with Crippen molar-refractivity contribution in [3.63, 3.8) is 0 Å². The van der Waals surface area contributed by atoms with Crippen LogP contribution in [0.15, 0.2) is 36.5 Å². The maximum absolute atomic E-state index is 12.9. The van der Waals surface area contributed by atoms with Crippen LogP contribution < -0.4 is 10.6 Å². The molecule has 0 unspecified atom stereocenters. The zero-order chi connectivity index (χ0) is 18.0. The van der Waals surface area contributed by atoms with E-state index < -0.39 is 23.4 Å². The van der Waals surface area contributed by atoms with E-state index in [0.29, 0.717) is 17.1 Å². The van der Waals surface area contributed by atoms with E-state index in [0.717, 1.165) is 9.78 Å². The highest BCUT2D eigenvalue weighted by Crippen LogP contribution is 2.32. The van der Waals surface area contributed by atoms with Crippen molar-refractivity contribution in [3.05, 3.63) is 47.0 Å². The molecule has 4 amide bonds. The van der Waals surface area contributed by atoms with E-state index in [1.807, 2.05) is 32.0 Å². The predicted octanol–water partition coefficient (Wildman–Crippen LogP) is 2.25. The van der Waals surface area contributed by atoms with Gasteiger partial charge in [0, 0.05) is 11.1 Å². The molecule has 2 heterocycles. The van der Waals surface area contributed by atoms with Gasteiger partial charge in [0.1, 0.15) is 12.1 Å². The summed E-state index contributed by atoms with van der Waals surface area (Å²) in [5.74, 6) is -0.880. The van der Waals surface area contributed by atoms with Crippen LogP contribution in [-0.2, 0) is 15.1 Å². The van der Waals surface area contributed by atoms with Gasteiger partial charge in [0.05, 0.1) is 0 Å². The first kappa shape index (κ1) is 17.1. The maximum Gasteiger partial charge on any atom is 0.325 e. The van der Waals surface area contributed by atoms with E-state index in [4.69, 9.17) is 0 Å². The van der Waals surface area contributed by atoms with Crippen LogP contribution >= 0.6 is 11.3 Å². The summed E-state index contributed by atoms with van der Waals surface area (Å²) in [6.07, 6.45) is 2.04. The first-order chi connectivity index (χ1) is 12.0. The van der Waals surface area contributed by atoms with Gasteiger partial charge in [-0.2, -0.15) is 0 Å². The minimum absolute atomic E-state index is 0.349. The number of nitrogens with zero attached hydrogens (tertiary/aromatic N) is 2. The number of benzene rings is 1. The predicted molar refractivity (Wildman–Crippen MR) is 94.1 cm³/mol. The summed E-state index contributed by atoms with van der Waals surface area (Å²) >= 11 is 1.33. The molecule has 2 N–H and O–H groups in total. The summed E-state index contributed by atoms with van der Waals surface area (Å²) < 4.78 is 0. The molecule has 0 bridgehead atoms. The number of thiazole rings is 1. The number of amides is 4. The van der Waals surface area contributed by atoms with E-state index in [2.05, 4.69) is 15.6 Å². The van der Waals surface area contributed by atoms with Crippen molar-refractivity contribution < 1.29 is 14.4 Å². The molecule has 8 heteroatoms. The molecule has 0 aliphatic carbocycles. The molecule has 2 aromatic rings. The van der Waals surface area contributed by atoms with Gasteiger partial charge < -0.3 is 10.6 Å². The van der Waals surface area contributed by atoms with Crippen LogP contribution in [0.25, 0.3) is 0 Å². The Hall–Kier alpha value is -2.74. The van der Waals surface area contributed by atoms with Crippen molar-refractivity contribution in [2.24, 2.45) is 0 Å². The van der Waals surface area contributed by atoms with Crippen molar-refractivity contribution in [3.8, 4) is 0 Å². The molecular weight excluding hydrogens is 340 g/mol. The van der Waals surface area contributed by atoms with Gasteiger partial charge in [-0.3, -0.25) is 14.5 Å². The lowest BCUT2D eigenvalue weighted by atomic mass is 9.87. The number of nitrogens with one attached hydrogen (secondary N) is 2. The smallest absolute Gasteiger partial charge is 0.319 e. The normalized spacial score (nSPS) is 19.8. The highest BCUT2D eigenvalue weighted by molar-refractivity contribution is 7.15. The maximum atomic E-state index is 12.9. The number of carbonyl (C=O) groups is 3. The number of hydrogen-bond donors (Lipinski definition) is 2. The van der Waals surface area contributed by atoms with E-state index in [-0.39, 0.29) is 6.54 Å². The molecule has 0 radical (unpaired) electrons. The van der Waals surface area contributed by atoms with Crippen LogP contribution in [0.3, 0.4) is 0 Å². The summed E-state index contributed by atoms with van der Waals surface area (Å²) in [5.41, 5.74) is -0.426. The van der Waals surface area contributed by atoms with Crippen LogP contribution in [0.2, 0.25) is 0 Å². The Morgan fingerprint density at radius 3 is 2.64 bits per heavy atom. The number of carbonyl (C=O) groups excluding carboxylic acids is 3. The van der Waals surface area contributed by atoms with Gasteiger partial charge in [-0.05, 0) is 18.9 Å². The third-order valence-corrected chi connectivity index (χ3v) is 4.97. The molecule has 1 aromatic heterocycles. The summed E-state index contributed by atoms with van der Waals surface area (Å²) in [6.45, 7) is 3.35. The summed E-state index contributed by atoms with van der Waals surface area (Å²) in [7, 11) is 0. The molecule has 1 aliphatic rings. The molecule has 25 heavy (non-hydrogen) atoms. The van der Waals surface area contributed by atoms with Crippen molar-refractivity contribution >= 4 is 34.3 Å². The number of imide groups is 1. The lowest BCUT2D eigenvalue weighted by molar-refractivity contribution is -0.134. The summed E-state index contributed by atoms with van der Waals surface area (Å²) in [6, 6.07) is 8.49. The number of aryl methyl sites for hydroxylation is 1. The van der Waals surface area contributed by atoms with Gasteiger partial charge >= 0.3 is 6.03 Å². The van der Waals surface area contributed by atoms with Gasteiger partial charge in [-0.15, -0.1) is 11.3 Å². The third kappa shape index (κ3) is 3.12. The second kappa shape index (κ2) is 6.64. The quantitative estimate of drug-likeness (QED) is 0.802. The first-order valence-corrected chi connectivity index (χ1v) is 8.70. The van der Waals surface area contributed by atoms with Crippen molar-refractivity contribution in [2.75, 3.05) is 11.9 Å². The Morgan fingerprint density at radius 2 is 2.04 bits per heavy atom. The molecule has 1 aliphatic heterocycles. The topological polar surface area (TPSA) is 91.4 Å². The van der Waals surface area contributed by atoms with Crippen LogP contribution in [0.1, 0.15) is 23.8 Å². The van der Waals surface area contributed by atoms with Crippen LogP contribution in [0.4, 0.5) is 9.93 Å². The Bertz CT molecular complexity index is 820. The second-order valence-electron chi connectivity index (χ2n) is 5.77. The summed E-state index contributed by atoms with van der Waals surface area (Å²) in [5, 5.41) is 5.81. The second-order valence-corrected chi connectivity index (χ2v) is 7.01. The van der Waals surface area contributed by atoms with E-state index in [1.54, 1.807) is 18.3 Å². The minimum Gasteiger partial charge on any atom is -0.319 e. The van der Waals surface area contributed by atoms with Crippen LogP contribution in [0, 0.1) is 6.92 Å². The fourth-order valence-electron chi connectivity index (χ4n) is 2.85. The Morgan fingerprint density at radius 1 is 1.32 bits per heavy atom. The SMILES string of the molecule is CC[C@@]1(c2ccccc2)NC(=O)N(CC(=O)Nc2ncc(C)s2)C1=O. The number of rotatable bonds is 5. The van der Waals surface area contributed by atoms with Crippen LogP contribution in [-0.4, -0.2) is 34.3 Å². The number of anilines is 1. The molecule has 1 atom stereocenters. The average molecular weight is 358 g/mol. The minimum atomic E-state index is -1.13. The third-order valence-electron chi connectivity index (χ3n) is 4.14. The largest absolute Gasteiger partial charge is 0.325 e.